The Bertz CT molecular complexity index is 376. The largest absolute Gasteiger partial charge is 0.488 e. The molecule has 1 aliphatic carbocycles. The van der Waals surface area contributed by atoms with E-state index < -0.39 is 7.12 Å². The van der Waals surface area contributed by atoms with E-state index in [0.717, 1.165) is 18.5 Å². The predicted octanol–water partition coefficient (Wildman–Crippen LogP) is -0.490. The molecule has 0 aliphatic heterocycles. The van der Waals surface area contributed by atoms with Crippen molar-refractivity contribution >= 4 is 12.6 Å². The molecule has 0 atom stereocenters. The summed E-state index contributed by atoms with van der Waals surface area (Å²) in [6.45, 7) is 0. The monoisotopic (exact) mass is 188 g/mol. The Balaban J connectivity index is 2.42. The van der Waals surface area contributed by atoms with Gasteiger partial charge in [0, 0.05) is 11.6 Å². The SMILES string of the molecule is N#Cc1cc(B(O)O)cc(C2CC2)n1. The van der Waals surface area contributed by atoms with Crippen molar-refractivity contribution in [2.75, 3.05) is 0 Å². The first kappa shape index (κ1) is 9.19. The van der Waals surface area contributed by atoms with E-state index in [1.165, 1.54) is 6.07 Å². The number of pyridine rings is 1. The first-order valence-corrected chi connectivity index (χ1v) is 4.49. The van der Waals surface area contributed by atoms with Crippen molar-refractivity contribution in [1.82, 2.24) is 4.98 Å². The van der Waals surface area contributed by atoms with Crippen LogP contribution in [0, 0.1) is 11.3 Å². The summed E-state index contributed by atoms with van der Waals surface area (Å²) in [4.78, 5) is 4.11. The zero-order valence-electron chi connectivity index (χ0n) is 7.51. The molecule has 0 radical (unpaired) electrons. The second kappa shape index (κ2) is 3.41. The van der Waals surface area contributed by atoms with Crippen molar-refractivity contribution < 1.29 is 10.0 Å². The quantitative estimate of drug-likeness (QED) is 0.614. The van der Waals surface area contributed by atoms with Gasteiger partial charge >= 0.3 is 7.12 Å². The molecule has 1 aromatic heterocycles. The highest BCUT2D eigenvalue weighted by atomic mass is 16.4. The number of hydrogen-bond donors (Lipinski definition) is 2. The fourth-order valence-electron chi connectivity index (χ4n) is 1.37. The Morgan fingerprint density at radius 3 is 2.64 bits per heavy atom. The summed E-state index contributed by atoms with van der Waals surface area (Å²) < 4.78 is 0. The van der Waals surface area contributed by atoms with E-state index in [1.54, 1.807) is 6.07 Å². The molecule has 1 heterocycles. The molecule has 1 aromatic rings. The van der Waals surface area contributed by atoms with Crippen LogP contribution in [0.2, 0.25) is 0 Å². The molecule has 0 amide bonds. The molecule has 0 saturated heterocycles. The van der Waals surface area contributed by atoms with Crippen LogP contribution >= 0.6 is 0 Å². The van der Waals surface area contributed by atoms with E-state index in [9.17, 15) is 0 Å². The first-order valence-electron chi connectivity index (χ1n) is 4.49. The number of rotatable bonds is 2. The summed E-state index contributed by atoms with van der Waals surface area (Å²) in [5.74, 6) is 0.404. The third-order valence-corrected chi connectivity index (χ3v) is 2.28. The lowest BCUT2D eigenvalue weighted by Gasteiger charge is -2.03. The molecular weight excluding hydrogens is 179 g/mol. The molecular formula is C9H9BN2O2. The summed E-state index contributed by atoms with van der Waals surface area (Å²) in [6.07, 6.45) is 2.14. The van der Waals surface area contributed by atoms with Crippen LogP contribution in [0.1, 0.15) is 30.1 Å². The van der Waals surface area contributed by atoms with Crippen molar-refractivity contribution in [3.63, 3.8) is 0 Å². The van der Waals surface area contributed by atoms with E-state index in [2.05, 4.69) is 4.98 Å². The van der Waals surface area contributed by atoms with Gasteiger partial charge in [-0.1, -0.05) is 0 Å². The zero-order chi connectivity index (χ0) is 10.1. The van der Waals surface area contributed by atoms with Crippen LogP contribution in [0.5, 0.6) is 0 Å². The molecule has 1 fully saturated rings. The van der Waals surface area contributed by atoms with E-state index >= 15 is 0 Å². The topological polar surface area (TPSA) is 77.1 Å². The van der Waals surface area contributed by atoms with Gasteiger partial charge in [-0.2, -0.15) is 5.26 Å². The minimum Gasteiger partial charge on any atom is -0.423 e. The van der Waals surface area contributed by atoms with Crippen molar-refractivity contribution in [3.05, 3.63) is 23.5 Å². The van der Waals surface area contributed by atoms with Crippen molar-refractivity contribution in [2.24, 2.45) is 0 Å². The molecule has 0 bridgehead atoms. The van der Waals surface area contributed by atoms with Gasteiger partial charge in [-0.3, -0.25) is 0 Å². The van der Waals surface area contributed by atoms with Gasteiger partial charge in [-0.05, 0) is 30.4 Å². The average Bonchev–Trinajstić information content (AvgIpc) is 3.00. The number of nitriles is 1. The van der Waals surface area contributed by atoms with Crippen LogP contribution in [0.4, 0.5) is 0 Å². The number of hydrogen-bond acceptors (Lipinski definition) is 4. The van der Waals surface area contributed by atoms with Crippen LogP contribution in [-0.2, 0) is 0 Å². The average molecular weight is 188 g/mol. The smallest absolute Gasteiger partial charge is 0.423 e. The second-order valence-electron chi connectivity index (χ2n) is 3.47. The standard InChI is InChI=1S/C9H9BN2O2/c11-5-8-3-7(10(13)14)4-9(12-8)6-1-2-6/h3-4,6,13-14H,1-2H2. The maximum Gasteiger partial charge on any atom is 0.488 e. The molecule has 0 aromatic carbocycles. The lowest BCUT2D eigenvalue weighted by Crippen LogP contribution is -2.30. The van der Waals surface area contributed by atoms with Gasteiger partial charge in [-0.15, -0.1) is 0 Å². The molecule has 2 rings (SSSR count). The van der Waals surface area contributed by atoms with E-state index in [-0.39, 0.29) is 5.69 Å². The highest BCUT2D eigenvalue weighted by Gasteiger charge is 2.27. The molecule has 4 nitrogen and oxygen atoms in total. The van der Waals surface area contributed by atoms with Crippen molar-refractivity contribution in [2.45, 2.75) is 18.8 Å². The fourth-order valence-corrected chi connectivity index (χ4v) is 1.37. The Hall–Kier alpha value is -1.38. The van der Waals surface area contributed by atoms with E-state index in [1.807, 2.05) is 6.07 Å². The maximum atomic E-state index is 8.99. The molecule has 2 N–H and O–H groups in total. The molecule has 5 heteroatoms. The number of aromatic nitrogens is 1. The van der Waals surface area contributed by atoms with Crippen LogP contribution in [0.15, 0.2) is 12.1 Å². The highest BCUT2D eigenvalue weighted by Crippen LogP contribution is 2.38. The van der Waals surface area contributed by atoms with Gasteiger partial charge < -0.3 is 10.0 Å². The summed E-state index contributed by atoms with van der Waals surface area (Å²) in [5, 5.41) is 26.7. The van der Waals surface area contributed by atoms with Gasteiger partial charge in [-0.25, -0.2) is 4.98 Å². The Morgan fingerprint density at radius 2 is 2.14 bits per heavy atom. The van der Waals surface area contributed by atoms with Gasteiger partial charge in [0.05, 0.1) is 0 Å². The van der Waals surface area contributed by atoms with Gasteiger partial charge in [0.1, 0.15) is 11.8 Å². The van der Waals surface area contributed by atoms with E-state index in [4.69, 9.17) is 15.3 Å². The normalized spacial score (nSPS) is 14.9. The van der Waals surface area contributed by atoms with Crippen molar-refractivity contribution in [3.8, 4) is 6.07 Å². The third-order valence-electron chi connectivity index (χ3n) is 2.28. The summed E-state index contributed by atoms with van der Waals surface area (Å²) in [6, 6.07) is 4.97. The number of nitrogens with zero attached hydrogens (tertiary/aromatic N) is 2. The minimum atomic E-state index is -1.53. The molecule has 0 unspecified atom stereocenters. The van der Waals surface area contributed by atoms with Gasteiger partial charge in [0.25, 0.3) is 0 Å². The van der Waals surface area contributed by atoms with Crippen LogP contribution < -0.4 is 5.46 Å². The predicted molar refractivity (Wildman–Crippen MR) is 50.8 cm³/mol. The lowest BCUT2D eigenvalue weighted by atomic mass is 9.80. The van der Waals surface area contributed by atoms with Gasteiger partial charge in [0.2, 0.25) is 0 Å². The van der Waals surface area contributed by atoms with Gasteiger partial charge in [0.15, 0.2) is 0 Å². The molecule has 14 heavy (non-hydrogen) atoms. The highest BCUT2D eigenvalue weighted by molar-refractivity contribution is 6.58. The molecule has 0 spiro atoms. The summed E-state index contributed by atoms with van der Waals surface area (Å²) in [7, 11) is -1.53. The third kappa shape index (κ3) is 1.76. The van der Waals surface area contributed by atoms with E-state index in [0.29, 0.717) is 11.4 Å². The zero-order valence-corrected chi connectivity index (χ0v) is 7.51. The Kier molecular flexibility index (Phi) is 2.24. The maximum absolute atomic E-state index is 8.99. The first-order chi connectivity index (χ1) is 6.70. The van der Waals surface area contributed by atoms with Crippen LogP contribution in [-0.4, -0.2) is 22.2 Å². The lowest BCUT2D eigenvalue weighted by molar-refractivity contribution is 0.425. The van der Waals surface area contributed by atoms with Crippen LogP contribution in [0.3, 0.4) is 0 Å². The summed E-state index contributed by atoms with van der Waals surface area (Å²) in [5.41, 5.74) is 1.39. The fraction of sp³-hybridized carbons (Fsp3) is 0.333. The molecule has 1 aliphatic rings. The summed E-state index contributed by atoms with van der Waals surface area (Å²) >= 11 is 0. The second-order valence-corrected chi connectivity index (χ2v) is 3.47. The molecule has 1 saturated carbocycles. The molecule has 70 valence electrons. The van der Waals surface area contributed by atoms with Crippen LogP contribution in [0.25, 0.3) is 0 Å². The minimum absolute atomic E-state index is 0.248. The Morgan fingerprint density at radius 1 is 1.43 bits per heavy atom. The van der Waals surface area contributed by atoms with Crippen molar-refractivity contribution in [1.29, 1.82) is 5.26 Å². The Labute approximate surface area is 82.0 Å².